The van der Waals surface area contributed by atoms with E-state index in [1.807, 2.05) is 18.2 Å². The summed E-state index contributed by atoms with van der Waals surface area (Å²) in [5.74, 6) is 0.0870. The Kier molecular flexibility index (Phi) is 5.20. The molecule has 0 aromatic heterocycles. The van der Waals surface area contributed by atoms with Crippen LogP contribution in [0.25, 0.3) is 33.4 Å². The van der Waals surface area contributed by atoms with Gasteiger partial charge in [-0.3, -0.25) is 4.79 Å². The zero-order chi connectivity index (χ0) is 30.7. The van der Waals surface area contributed by atoms with Crippen molar-refractivity contribution in [2.75, 3.05) is 4.90 Å². The Morgan fingerprint density at radius 2 is 0.867 bits per heavy atom. The maximum absolute atomic E-state index is 14.1. The SMILES string of the molecule is CC1(C)c2ccccc2-c2ccc(N(c3ccc4c(c3)C(C)(C)c3ccccc3-4)c3cccc4c3C(=O)c3ccccc3-4)cc21. The van der Waals surface area contributed by atoms with Gasteiger partial charge in [0.2, 0.25) is 0 Å². The average molecular weight is 580 g/mol. The van der Waals surface area contributed by atoms with E-state index in [0.717, 1.165) is 39.3 Å². The number of ketones is 1. The lowest BCUT2D eigenvalue weighted by Crippen LogP contribution is -2.19. The van der Waals surface area contributed by atoms with Gasteiger partial charge in [0.25, 0.3) is 0 Å². The van der Waals surface area contributed by atoms with Crippen LogP contribution in [0.2, 0.25) is 0 Å². The van der Waals surface area contributed by atoms with E-state index < -0.39 is 0 Å². The highest BCUT2D eigenvalue weighted by atomic mass is 16.1. The molecule has 0 aliphatic heterocycles. The van der Waals surface area contributed by atoms with Crippen molar-refractivity contribution in [3.63, 3.8) is 0 Å². The maximum Gasteiger partial charge on any atom is 0.196 e. The summed E-state index contributed by atoms with van der Waals surface area (Å²) in [5, 5.41) is 0. The Bertz CT molecular complexity index is 2140. The van der Waals surface area contributed by atoms with E-state index in [1.165, 1.54) is 44.5 Å². The highest BCUT2D eigenvalue weighted by molar-refractivity contribution is 6.25. The van der Waals surface area contributed by atoms with E-state index in [9.17, 15) is 4.79 Å². The van der Waals surface area contributed by atoms with Crippen LogP contribution in [0.5, 0.6) is 0 Å². The fraction of sp³-hybridized carbons (Fsp3) is 0.140. The molecule has 0 heterocycles. The van der Waals surface area contributed by atoms with Gasteiger partial charge in [0.1, 0.15) is 0 Å². The summed E-state index contributed by atoms with van der Waals surface area (Å²) >= 11 is 0. The fourth-order valence-electron chi connectivity index (χ4n) is 8.33. The molecule has 0 bridgehead atoms. The number of benzene rings is 6. The quantitative estimate of drug-likeness (QED) is 0.208. The maximum atomic E-state index is 14.1. The van der Waals surface area contributed by atoms with Crippen LogP contribution in [0.15, 0.2) is 127 Å². The lowest BCUT2D eigenvalue weighted by atomic mass is 9.82. The molecule has 0 fully saturated rings. The molecule has 216 valence electrons. The molecule has 0 atom stereocenters. The molecule has 0 radical (unpaired) electrons. The normalized spacial score (nSPS) is 15.5. The third-order valence-corrected chi connectivity index (χ3v) is 10.6. The van der Waals surface area contributed by atoms with E-state index in [0.29, 0.717) is 0 Å². The Morgan fingerprint density at radius 3 is 1.42 bits per heavy atom. The molecule has 9 rings (SSSR count). The number of anilines is 3. The van der Waals surface area contributed by atoms with E-state index in [2.05, 4.69) is 142 Å². The van der Waals surface area contributed by atoms with Crippen molar-refractivity contribution in [3.8, 4) is 33.4 Å². The number of hydrogen-bond acceptors (Lipinski definition) is 2. The number of nitrogens with zero attached hydrogens (tertiary/aromatic N) is 1. The second-order valence-electron chi connectivity index (χ2n) is 13.7. The van der Waals surface area contributed by atoms with Crippen molar-refractivity contribution in [1.82, 2.24) is 0 Å². The molecular weight excluding hydrogens is 546 g/mol. The Labute approximate surface area is 264 Å². The van der Waals surface area contributed by atoms with Gasteiger partial charge in [-0.25, -0.2) is 0 Å². The van der Waals surface area contributed by atoms with Gasteiger partial charge in [0, 0.05) is 27.8 Å². The zero-order valence-electron chi connectivity index (χ0n) is 26.0. The number of carbonyl (C=O) groups excluding carboxylic acids is 1. The summed E-state index contributed by atoms with van der Waals surface area (Å²) in [6.45, 7) is 9.28. The van der Waals surface area contributed by atoms with Gasteiger partial charge in [0.15, 0.2) is 5.78 Å². The topological polar surface area (TPSA) is 20.3 Å². The van der Waals surface area contributed by atoms with Gasteiger partial charge in [-0.15, -0.1) is 0 Å². The Balaban J connectivity index is 1.29. The third kappa shape index (κ3) is 3.43. The van der Waals surface area contributed by atoms with E-state index in [4.69, 9.17) is 0 Å². The van der Waals surface area contributed by atoms with Crippen LogP contribution in [0.4, 0.5) is 17.1 Å². The van der Waals surface area contributed by atoms with E-state index in [1.54, 1.807) is 0 Å². The van der Waals surface area contributed by atoms with Gasteiger partial charge in [-0.05, 0) is 86.0 Å². The molecule has 2 nitrogen and oxygen atoms in total. The monoisotopic (exact) mass is 579 g/mol. The molecule has 0 saturated heterocycles. The number of fused-ring (bicyclic) bond motifs is 9. The largest absolute Gasteiger partial charge is 0.310 e. The first-order valence-electron chi connectivity index (χ1n) is 15.8. The molecule has 0 N–H and O–H groups in total. The fourth-order valence-corrected chi connectivity index (χ4v) is 8.33. The number of carbonyl (C=O) groups is 1. The van der Waals surface area contributed by atoms with Crippen LogP contribution in [0, 0.1) is 0 Å². The van der Waals surface area contributed by atoms with Crippen LogP contribution in [-0.2, 0) is 10.8 Å². The highest BCUT2D eigenvalue weighted by Gasteiger charge is 2.39. The molecule has 45 heavy (non-hydrogen) atoms. The molecule has 2 heteroatoms. The minimum Gasteiger partial charge on any atom is -0.310 e. The van der Waals surface area contributed by atoms with Crippen molar-refractivity contribution >= 4 is 22.8 Å². The first-order chi connectivity index (χ1) is 21.8. The van der Waals surface area contributed by atoms with Gasteiger partial charge in [-0.1, -0.05) is 125 Å². The first kappa shape index (κ1) is 26.2. The molecule has 0 amide bonds. The van der Waals surface area contributed by atoms with Crippen LogP contribution in [0.3, 0.4) is 0 Å². The predicted molar refractivity (Wildman–Crippen MR) is 185 cm³/mol. The summed E-state index contributed by atoms with van der Waals surface area (Å²) in [6.07, 6.45) is 0. The van der Waals surface area contributed by atoms with Gasteiger partial charge in [-0.2, -0.15) is 0 Å². The predicted octanol–water partition coefficient (Wildman–Crippen LogP) is 11.0. The molecule has 0 saturated carbocycles. The summed E-state index contributed by atoms with van der Waals surface area (Å²) in [5.41, 5.74) is 16.8. The minimum absolute atomic E-state index is 0.0870. The van der Waals surface area contributed by atoms with Gasteiger partial charge in [0.05, 0.1) is 11.3 Å². The van der Waals surface area contributed by atoms with E-state index in [-0.39, 0.29) is 16.6 Å². The van der Waals surface area contributed by atoms with Gasteiger partial charge >= 0.3 is 0 Å². The van der Waals surface area contributed by atoms with E-state index >= 15 is 0 Å². The second-order valence-corrected chi connectivity index (χ2v) is 13.7. The molecule has 6 aromatic carbocycles. The molecule has 0 unspecified atom stereocenters. The number of rotatable bonds is 3. The van der Waals surface area contributed by atoms with Crippen LogP contribution in [0.1, 0.15) is 65.9 Å². The Hall–Kier alpha value is -5.21. The third-order valence-electron chi connectivity index (χ3n) is 10.6. The molecule has 6 aromatic rings. The summed E-state index contributed by atoms with van der Waals surface area (Å²) < 4.78 is 0. The summed E-state index contributed by atoms with van der Waals surface area (Å²) in [7, 11) is 0. The lowest BCUT2D eigenvalue weighted by molar-refractivity contribution is 0.104. The first-order valence-corrected chi connectivity index (χ1v) is 15.8. The standard InChI is InChI=1S/C43H33NO/c1-42(2)35-17-9-7-13-29(35)31-22-20-26(24-37(31)42)44(39-19-11-16-33-28-12-5-6-15-34(28)41(45)40(33)39)27-21-23-32-30-14-8-10-18-36(30)43(3,4)38(32)25-27/h5-25H,1-4H3. The molecule has 0 spiro atoms. The van der Waals surface area contributed by atoms with Crippen LogP contribution >= 0.6 is 0 Å². The highest BCUT2D eigenvalue weighted by Crippen LogP contribution is 2.54. The van der Waals surface area contributed by atoms with Crippen molar-refractivity contribution in [3.05, 3.63) is 161 Å². The summed E-state index contributed by atoms with van der Waals surface area (Å²) in [4.78, 5) is 16.4. The van der Waals surface area contributed by atoms with Crippen molar-refractivity contribution in [2.24, 2.45) is 0 Å². The molecular formula is C43H33NO. The van der Waals surface area contributed by atoms with Gasteiger partial charge < -0.3 is 4.90 Å². The van der Waals surface area contributed by atoms with Crippen molar-refractivity contribution < 1.29 is 4.79 Å². The summed E-state index contributed by atoms with van der Waals surface area (Å²) in [6, 6.07) is 45.6. The van der Waals surface area contributed by atoms with Crippen molar-refractivity contribution in [2.45, 2.75) is 38.5 Å². The Morgan fingerprint density at radius 1 is 0.422 bits per heavy atom. The minimum atomic E-state index is -0.139. The lowest BCUT2D eigenvalue weighted by Gasteiger charge is -2.30. The number of hydrogen-bond donors (Lipinski definition) is 0. The second kappa shape index (κ2) is 8.92. The smallest absolute Gasteiger partial charge is 0.196 e. The molecule has 3 aliphatic carbocycles. The zero-order valence-corrected chi connectivity index (χ0v) is 26.0. The van der Waals surface area contributed by atoms with Crippen molar-refractivity contribution in [1.29, 1.82) is 0 Å². The van der Waals surface area contributed by atoms with Crippen LogP contribution in [-0.4, -0.2) is 5.78 Å². The average Bonchev–Trinajstić information content (AvgIpc) is 3.58. The molecule has 3 aliphatic rings. The van der Waals surface area contributed by atoms with Crippen LogP contribution < -0.4 is 4.90 Å².